The van der Waals surface area contributed by atoms with Crippen LogP contribution in [-0.4, -0.2) is 16.4 Å². The molecule has 5 rings (SSSR count). The number of halogens is 1. The smallest absolute Gasteiger partial charge is 0.150 e. The summed E-state index contributed by atoms with van der Waals surface area (Å²) in [5, 5.41) is 6.08. The molecule has 156 valence electrons. The molecule has 4 heteroatoms. The van der Waals surface area contributed by atoms with E-state index in [1.54, 1.807) is 0 Å². The molecular formula is C27H25FN2O. The van der Waals surface area contributed by atoms with Crippen molar-refractivity contribution in [1.82, 2.24) is 9.78 Å². The minimum absolute atomic E-state index is 0.0241. The summed E-state index contributed by atoms with van der Waals surface area (Å²) in [5.41, 5.74) is 5.41. The molecule has 0 bridgehead atoms. The molecule has 0 radical (unpaired) electrons. The zero-order valence-electron chi connectivity index (χ0n) is 17.4. The number of hydrogen-bond acceptors (Lipinski definition) is 2. The summed E-state index contributed by atoms with van der Waals surface area (Å²) in [5.74, 6) is -0.219. The van der Waals surface area contributed by atoms with Crippen molar-refractivity contribution in [3.05, 3.63) is 101 Å². The molecule has 0 aliphatic carbocycles. The van der Waals surface area contributed by atoms with Crippen LogP contribution < -0.4 is 0 Å². The Balaban J connectivity index is 1.53. The highest BCUT2D eigenvalue weighted by Gasteiger charge is 2.21. The van der Waals surface area contributed by atoms with E-state index in [1.165, 1.54) is 17.7 Å². The Morgan fingerprint density at radius 2 is 1.74 bits per heavy atom. The molecule has 1 unspecified atom stereocenters. The first kappa shape index (κ1) is 19.7. The maximum absolute atomic E-state index is 13.4. The molecule has 0 spiro atoms. The van der Waals surface area contributed by atoms with Crippen LogP contribution in [0, 0.1) is 5.82 Å². The number of fused-ring (bicyclic) bond motifs is 1. The van der Waals surface area contributed by atoms with Gasteiger partial charge in [0.05, 0.1) is 11.2 Å². The van der Waals surface area contributed by atoms with Gasteiger partial charge in [0, 0.05) is 18.4 Å². The molecule has 0 amide bonds. The van der Waals surface area contributed by atoms with Crippen molar-refractivity contribution in [2.45, 2.75) is 31.9 Å². The molecule has 1 saturated heterocycles. The average molecular weight is 413 g/mol. The standard InChI is InChI=1S/C27H25FN2O/c28-23-14-11-22(12-15-23)19-25-24-18-21(10-9-20-6-2-1-3-7-20)13-16-26(24)30(29-25)27-8-4-5-17-31-27/h1-3,6-7,9-16,18,27H,4-5,8,17,19H2. The molecular weight excluding hydrogens is 387 g/mol. The number of nitrogens with zero attached hydrogens (tertiary/aromatic N) is 2. The highest BCUT2D eigenvalue weighted by atomic mass is 19.1. The Labute approximate surface area is 181 Å². The third kappa shape index (κ3) is 4.44. The van der Waals surface area contributed by atoms with E-state index in [9.17, 15) is 4.39 Å². The molecule has 1 aliphatic rings. The van der Waals surface area contributed by atoms with Crippen molar-refractivity contribution in [2.75, 3.05) is 6.61 Å². The van der Waals surface area contributed by atoms with E-state index < -0.39 is 0 Å². The van der Waals surface area contributed by atoms with E-state index in [4.69, 9.17) is 9.84 Å². The van der Waals surface area contributed by atoms with Gasteiger partial charge in [-0.25, -0.2) is 9.07 Å². The number of ether oxygens (including phenoxy) is 1. The average Bonchev–Trinajstić information content (AvgIpc) is 3.18. The third-order valence-electron chi connectivity index (χ3n) is 5.79. The van der Waals surface area contributed by atoms with Gasteiger partial charge in [-0.1, -0.05) is 60.7 Å². The van der Waals surface area contributed by atoms with Crippen LogP contribution in [0.5, 0.6) is 0 Å². The van der Waals surface area contributed by atoms with Gasteiger partial charge >= 0.3 is 0 Å². The first-order chi connectivity index (χ1) is 15.3. The Morgan fingerprint density at radius 1 is 0.935 bits per heavy atom. The van der Waals surface area contributed by atoms with Crippen LogP contribution in [0.15, 0.2) is 72.8 Å². The fourth-order valence-corrected chi connectivity index (χ4v) is 4.14. The number of benzene rings is 3. The van der Waals surface area contributed by atoms with Crippen molar-refractivity contribution in [3.63, 3.8) is 0 Å². The second kappa shape index (κ2) is 8.86. The van der Waals surface area contributed by atoms with Crippen LogP contribution in [0.4, 0.5) is 4.39 Å². The SMILES string of the molecule is Fc1ccc(Cc2nn(C3CCCCO3)c3ccc(C=Cc4ccccc4)cc23)cc1. The summed E-state index contributed by atoms with van der Waals surface area (Å²) < 4.78 is 21.4. The summed E-state index contributed by atoms with van der Waals surface area (Å²) in [6.45, 7) is 0.775. The van der Waals surface area contributed by atoms with Crippen molar-refractivity contribution in [2.24, 2.45) is 0 Å². The lowest BCUT2D eigenvalue weighted by molar-refractivity contribution is -0.0368. The van der Waals surface area contributed by atoms with E-state index in [0.29, 0.717) is 6.42 Å². The van der Waals surface area contributed by atoms with Crippen molar-refractivity contribution >= 4 is 23.1 Å². The Bertz CT molecular complexity index is 1190. The van der Waals surface area contributed by atoms with Gasteiger partial charge < -0.3 is 4.74 Å². The van der Waals surface area contributed by atoms with Crippen molar-refractivity contribution < 1.29 is 9.13 Å². The third-order valence-corrected chi connectivity index (χ3v) is 5.79. The summed E-state index contributed by atoms with van der Waals surface area (Å²) in [6, 6.07) is 23.4. The molecule has 1 fully saturated rings. The van der Waals surface area contributed by atoms with Crippen LogP contribution >= 0.6 is 0 Å². The van der Waals surface area contributed by atoms with Crippen molar-refractivity contribution in [1.29, 1.82) is 0 Å². The van der Waals surface area contributed by atoms with Crippen LogP contribution in [0.25, 0.3) is 23.1 Å². The fourth-order valence-electron chi connectivity index (χ4n) is 4.14. The molecule has 3 aromatic carbocycles. The van der Waals surface area contributed by atoms with Gasteiger partial charge in [-0.2, -0.15) is 5.10 Å². The molecule has 1 atom stereocenters. The minimum atomic E-state index is -0.219. The van der Waals surface area contributed by atoms with Gasteiger partial charge in [0.15, 0.2) is 6.23 Å². The highest BCUT2D eigenvalue weighted by Crippen LogP contribution is 2.30. The van der Waals surface area contributed by atoms with E-state index in [-0.39, 0.29) is 12.0 Å². The lowest BCUT2D eigenvalue weighted by atomic mass is 10.0. The normalized spacial score (nSPS) is 16.9. The lowest BCUT2D eigenvalue weighted by Crippen LogP contribution is -2.19. The molecule has 0 saturated carbocycles. The topological polar surface area (TPSA) is 27.1 Å². The van der Waals surface area contributed by atoms with Gasteiger partial charge in [-0.15, -0.1) is 0 Å². The number of rotatable bonds is 5. The van der Waals surface area contributed by atoms with Gasteiger partial charge in [0.1, 0.15) is 5.82 Å². The summed E-state index contributed by atoms with van der Waals surface area (Å²) in [6.07, 6.45) is 8.11. The quantitative estimate of drug-likeness (QED) is 0.344. The van der Waals surface area contributed by atoms with Crippen LogP contribution in [0.2, 0.25) is 0 Å². The summed E-state index contributed by atoms with van der Waals surface area (Å²) in [7, 11) is 0. The highest BCUT2D eigenvalue weighted by molar-refractivity contribution is 5.86. The fraction of sp³-hybridized carbons (Fsp3) is 0.222. The molecule has 3 nitrogen and oxygen atoms in total. The van der Waals surface area contributed by atoms with E-state index in [0.717, 1.165) is 53.6 Å². The monoisotopic (exact) mass is 412 g/mol. The van der Waals surface area contributed by atoms with E-state index in [1.807, 2.05) is 35.0 Å². The van der Waals surface area contributed by atoms with Gasteiger partial charge in [-0.05, 0) is 60.2 Å². The molecule has 31 heavy (non-hydrogen) atoms. The maximum atomic E-state index is 13.4. The number of hydrogen-bond donors (Lipinski definition) is 0. The zero-order valence-corrected chi connectivity index (χ0v) is 17.4. The molecule has 0 N–H and O–H groups in total. The zero-order chi connectivity index (χ0) is 21.0. The van der Waals surface area contributed by atoms with Crippen LogP contribution in [0.3, 0.4) is 0 Å². The van der Waals surface area contributed by atoms with Crippen LogP contribution in [-0.2, 0) is 11.2 Å². The summed E-state index contributed by atoms with van der Waals surface area (Å²) >= 11 is 0. The van der Waals surface area contributed by atoms with Crippen molar-refractivity contribution in [3.8, 4) is 0 Å². The number of aromatic nitrogens is 2. The molecule has 1 aromatic heterocycles. The van der Waals surface area contributed by atoms with E-state index >= 15 is 0 Å². The Kier molecular flexibility index (Phi) is 5.63. The second-order valence-corrected chi connectivity index (χ2v) is 8.04. The maximum Gasteiger partial charge on any atom is 0.150 e. The predicted molar refractivity (Wildman–Crippen MR) is 123 cm³/mol. The van der Waals surface area contributed by atoms with Gasteiger partial charge in [0.2, 0.25) is 0 Å². The van der Waals surface area contributed by atoms with Gasteiger partial charge in [0.25, 0.3) is 0 Å². The Hall–Kier alpha value is -3.24. The Morgan fingerprint density at radius 3 is 2.52 bits per heavy atom. The molecule has 4 aromatic rings. The predicted octanol–water partition coefficient (Wildman–Crippen LogP) is 6.64. The second-order valence-electron chi connectivity index (χ2n) is 8.04. The minimum Gasteiger partial charge on any atom is -0.356 e. The lowest BCUT2D eigenvalue weighted by Gasteiger charge is -2.23. The first-order valence-corrected chi connectivity index (χ1v) is 10.9. The first-order valence-electron chi connectivity index (χ1n) is 10.9. The molecule has 1 aliphatic heterocycles. The van der Waals surface area contributed by atoms with Gasteiger partial charge in [-0.3, -0.25) is 0 Å². The van der Waals surface area contributed by atoms with E-state index in [2.05, 4.69) is 42.5 Å². The molecule has 2 heterocycles. The summed E-state index contributed by atoms with van der Waals surface area (Å²) in [4.78, 5) is 0. The van der Waals surface area contributed by atoms with Crippen LogP contribution in [0.1, 0.15) is 47.9 Å². The largest absolute Gasteiger partial charge is 0.356 e.